The average molecular weight is 348 g/mol. The number of anilines is 1. The number of rotatable bonds is 4. The maximum absolute atomic E-state index is 12.1. The molecule has 0 bridgehead atoms. The van der Waals surface area contributed by atoms with Gasteiger partial charge in [0.2, 0.25) is 11.8 Å². The molecule has 2 aromatic rings. The Morgan fingerprint density at radius 3 is 2.67 bits per heavy atom. The van der Waals surface area contributed by atoms with Crippen molar-refractivity contribution >= 4 is 40.7 Å². The van der Waals surface area contributed by atoms with E-state index in [1.165, 1.54) is 0 Å². The Morgan fingerprint density at radius 2 is 1.88 bits per heavy atom. The van der Waals surface area contributed by atoms with Gasteiger partial charge in [0, 0.05) is 11.1 Å². The van der Waals surface area contributed by atoms with E-state index >= 15 is 0 Å². The van der Waals surface area contributed by atoms with Crippen LogP contribution in [0.15, 0.2) is 42.5 Å². The van der Waals surface area contributed by atoms with Crippen LogP contribution in [-0.4, -0.2) is 30.9 Å². The molecule has 128 valence electrons. The Kier molecular flexibility index (Phi) is 6.58. The van der Waals surface area contributed by atoms with Gasteiger partial charge < -0.3 is 16.0 Å². The highest BCUT2D eigenvalue weighted by Gasteiger charge is 2.20. The first kappa shape index (κ1) is 18.2. The van der Waals surface area contributed by atoms with Crippen LogP contribution in [0.25, 0.3) is 10.8 Å². The quantitative estimate of drug-likeness (QED) is 0.795. The lowest BCUT2D eigenvalue weighted by molar-refractivity contribution is -0.126. The van der Waals surface area contributed by atoms with Crippen LogP contribution < -0.4 is 16.0 Å². The summed E-state index contributed by atoms with van der Waals surface area (Å²) < 4.78 is 0. The van der Waals surface area contributed by atoms with Crippen molar-refractivity contribution in [2.24, 2.45) is 0 Å². The summed E-state index contributed by atoms with van der Waals surface area (Å²) in [4.78, 5) is 24.1. The van der Waals surface area contributed by atoms with Crippen LogP contribution >= 0.6 is 12.4 Å². The minimum atomic E-state index is -0.217. The van der Waals surface area contributed by atoms with Crippen molar-refractivity contribution in [3.8, 4) is 0 Å². The molecule has 0 spiro atoms. The number of hydrogen-bond acceptors (Lipinski definition) is 3. The minimum absolute atomic E-state index is 0. The molecular weight excluding hydrogens is 326 g/mol. The molecule has 1 aliphatic rings. The van der Waals surface area contributed by atoms with E-state index in [-0.39, 0.29) is 36.8 Å². The van der Waals surface area contributed by atoms with Crippen LogP contribution in [0.1, 0.15) is 19.3 Å². The summed E-state index contributed by atoms with van der Waals surface area (Å²) in [6, 6.07) is 13.5. The first-order valence-corrected chi connectivity index (χ1v) is 8.03. The third-order valence-electron chi connectivity index (χ3n) is 4.11. The summed E-state index contributed by atoms with van der Waals surface area (Å²) in [5.41, 5.74) is 0.762. The standard InChI is InChI=1S/C18H21N3O2.ClH/c22-17(12-20-18(23)16-9-3-4-11-19-16)21-15-10-5-7-13-6-1-2-8-14(13)15;/h1-2,5-8,10,16,19H,3-4,9,11-12H2,(H,20,23)(H,21,22);1H. The summed E-state index contributed by atoms with van der Waals surface area (Å²) in [5, 5.41) is 10.8. The molecule has 5 nitrogen and oxygen atoms in total. The predicted molar refractivity (Wildman–Crippen MR) is 98.5 cm³/mol. The van der Waals surface area contributed by atoms with E-state index in [0.717, 1.165) is 42.3 Å². The van der Waals surface area contributed by atoms with Crippen molar-refractivity contribution in [3.05, 3.63) is 42.5 Å². The van der Waals surface area contributed by atoms with E-state index < -0.39 is 0 Å². The summed E-state index contributed by atoms with van der Waals surface area (Å²) >= 11 is 0. The number of carbonyl (C=O) groups is 2. The summed E-state index contributed by atoms with van der Waals surface area (Å²) in [7, 11) is 0. The lowest BCUT2D eigenvalue weighted by Crippen LogP contribution is -2.48. The Labute approximate surface area is 147 Å². The van der Waals surface area contributed by atoms with Gasteiger partial charge in [0.05, 0.1) is 12.6 Å². The van der Waals surface area contributed by atoms with Crippen molar-refractivity contribution in [2.75, 3.05) is 18.4 Å². The molecule has 1 atom stereocenters. The van der Waals surface area contributed by atoms with E-state index in [0.29, 0.717) is 0 Å². The second kappa shape index (κ2) is 8.66. The highest BCUT2D eigenvalue weighted by molar-refractivity contribution is 6.03. The molecule has 6 heteroatoms. The molecule has 2 aromatic carbocycles. The first-order valence-electron chi connectivity index (χ1n) is 8.03. The maximum atomic E-state index is 12.1. The molecule has 24 heavy (non-hydrogen) atoms. The maximum Gasteiger partial charge on any atom is 0.243 e. The van der Waals surface area contributed by atoms with Crippen molar-refractivity contribution in [3.63, 3.8) is 0 Å². The fraction of sp³-hybridized carbons (Fsp3) is 0.333. The molecule has 1 aliphatic heterocycles. The predicted octanol–water partition coefficient (Wildman–Crippen LogP) is 2.46. The molecule has 0 aromatic heterocycles. The molecular formula is C18H22ClN3O2. The largest absolute Gasteiger partial charge is 0.346 e. The van der Waals surface area contributed by atoms with Crippen LogP contribution in [0, 0.1) is 0 Å². The van der Waals surface area contributed by atoms with E-state index in [4.69, 9.17) is 0 Å². The number of amides is 2. The van der Waals surface area contributed by atoms with Crippen molar-refractivity contribution in [2.45, 2.75) is 25.3 Å². The van der Waals surface area contributed by atoms with Gasteiger partial charge in [-0.3, -0.25) is 9.59 Å². The first-order chi connectivity index (χ1) is 11.2. The zero-order valence-electron chi connectivity index (χ0n) is 13.4. The van der Waals surface area contributed by atoms with E-state index in [2.05, 4.69) is 16.0 Å². The highest BCUT2D eigenvalue weighted by Crippen LogP contribution is 2.22. The van der Waals surface area contributed by atoms with Crippen molar-refractivity contribution < 1.29 is 9.59 Å². The minimum Gasteiger partial charge on any atom is -0.346 e. The second-order valence-electron chi connectivity index (χ2n) is 5.80. The zero-order chi connectivity index (χ0) is 16.1. The number of piperidine rings is 1. The Balaban J connectivity index is 0.00000208. The Morgan fingerprint density at radius 1 is 1.08 bits per heavy atom. The van der Waals surface area contributed by atoms with Gasteiger partial charge in [-0.2, -0.15) is 0 Å². The van der Waals surface area contributed by atoms with Gasteiger partial charge in [-0.25, -0.2) is 0 Å². The van der Waals surface area contributed by atoms with Crippen LogP contribution in [0.4, 0.5) is 5.69 Å². The van der Waals surface area contributed by atoms with E-state index in [9.17, 15) is 9.59 Å². The van der Waals surface area contributed by atoms with Crippen LogP contribution in [0.5, 0.6) is 0 Å². The van der Waals surface area contributed by atoms with Crippen LogP contribution in [0.3, 0.4) is 0 Å². The van der Waals surface area contributed by atoms with E-state index in [1.54, 1.807) is 0 Å². The monoisotopic (exact) mass is 347 g/mol. The Hall–Kier alpha value is -2.11. The van der Waals surface area contributed by atoms with Gasteiger partial charge in [0.1, 0.15) is 0 Å². The molecule has 3 rings (SSSR count). The molecule has 2 amide bonds. The van der Waals surface area contributed by atoms with Crippen molar-refractivity contribution in [1.29, 1.82) is 0 Å². The number of fused-ring (bicyclic) bond motifs is 1. The number of hydrogen-bond donors (Lipinski definition) is 3. The molecule has 1 heterocycles. The third kappa shape index (κ3) is 4.46. The number of benzene rings is 2. The fourth-order valence-corrected chi connectivity index (χ4v) is 2.90. The number of carbonyl (C=O) groups excluding carboxylic acids is 2. The second-order valence-corrected chi connectivity index (χ2v) is 5.80. The van der Waals surface area contributed by atoms with Gasteiger partial charge in [0.25, 0.3) is 0 Å². The van der Waals surface area contributed by atoms with Gasteiger partial charge in [-0.1, -0.05) is 42.8 Å². The summed E-state index contributed by atoms with van der Waals surface area (Å²) in [6.45, 7) is 0.848. The van der Waals surface area contributed by atoms with Crippen LogP contribution in [-0.2, 0) is 9.59 Å². The van der Waals surface area contributed by atoms with Gasteiger partial charge in [-0.15, -0.1) is 12.4 Å². The SMILES string of the molecule is Cl.O=C(CNC(=O)C1CCCCN1)Nc1cccc2ccccc12. The molecule has 1 fully saturated rings. The summed E-state index contributed by atoms with van der Waals surface area (Å²) in [5.74, 6) is -0.316. The number of halogens is 1. The topological polar surface area (TPSA) is 70.2 Å². The van der Waals surface area contributed by atoms with Gasteiger partial charge in [0.15, 0.2) is 0 Å². The Bertz CT molecular complexity index is 709. The molecule has 0 aliphatic carbocycles. The smallest absolute Gasteiger partial charge is 0.243 e. The third-order valence-corrected chi connectivity index (χ3v) is 4.11. The normalized spacial score (nSPS) is 16.9. The molecule has 1 saturated heterocycles. The average Bonchev–Trinajstić information content (AvgIpc) is 2.61. The lowest BCUT2D eigenvalue weighted by atomic mass is 10.0. The number of nitrogens with one attached hydrogen (secondary N) is 3. The van der Waals surface area contributed by atoms with Gasteiger partial charge >= 0.3 is 0 Å². The van der Waals surface area contributed by atoms with E-state index in [1.807, 2.05) is 42.5 Å². The zero-order valence-corrected chi connectivity index (χ0v) is 14.2. The molecule has 0 radical (unpaired) electrons. The molecule has 0 saturated carbocycles. The van der Waals surface area contributed by atoms with Gasteiger partial charge in [-0.05, 0) is 30.8 Å². The summed E-state index contributed by atoms with van der Waals surface area (Å²) in [6.07, 6.45) is 2.98. The van der Waals surface area contributed by atoms with Crippen LogP contribution in [0.2, 0.25) is 0 Å². The lowest BCUT2D eigenvalue weighted by Gasteiger charge is -2.22. The fourth-order valence-electron chi connectivity index (χ4n) is 2.90. The molecule has 1 unspecified atom stereocenters. The van der Waals surface area contributed by atoms with Crippen molar-refractivity contribution in [1.82, 2.24) is 10.6 Å². The highest BCUT2D eigenvalue weighted by atomic mass is 35.5. The molecule has 3 N–H and O–H groups in total.